The van der Waals surface area contributed by atoms with Crippen molar-refractivity contribution in [2.75, 3.05) is 5.75 Å². The molecular weight excluding hydrogens is 332 g/mol. The van der Waals surface area contributed by atoms with Crippen molar-refractivity contribution in [3.63, 3.8) is 0 Å². The fraction of sp³-hybridized carbons (Fsp3) is 0.222. The molecule has 0 aliphatic carbocycles. The number of hydrogen-bond donors (Lipinski definition) is 1. The minimum absolute atomic E-state index is 0.233. The van der Waals surface area contributed by atoms with Gasteiger partial charge in [0.05, 0.1) is 16.8 Å². The lowest BCUT2D eigenvalue weighted by atomic mass is 9.82. The second-order valence-corrected chi connectivity index (χ2v) is 8.16. The summed E-state index contributed by atoms with van der Waals surface area (Å²) in [6, 6.07) is 14.9. The summed E-state index contributed by atoms with van der Waals surface area (Å²) in [5, 5.41) is 11.2. The third-order valence-corrected chi connectivity index (χ3v) is 6.12. The number of halogens is 1. The Morgan fingerprint density at radius 2 is 1.74 bits per heavy atom. The van der Waals surface area contributed by atoms with Gasteiger partial charge >= 0.3 is 0 Å². The number of benzene rings is 2. The second-order valence-electron chi connectivity index (χ2n) is 5.74. The molecule has 0 saturated carbocycles. The van der Waals surface area contributed by atoms with Crippen LogP contribution in [0.25, 0.3) is 0 Å². The van der Waals surface area contributed by atoms with Gasteiger partial charge in [0.1, 0.15) is 0 Å². The van der Waals surface area contributed by atoms with Crippen molar-refractivity contribution in [2.24, 2.45) is 5.41 Å². The van der Waals surface area contributed by atoms with Crippen LogP contribution in [0, 0.1) is 5.41 Å². The monoisotopic (exact) mass is 350 g/mol. The molecule has 0 spiro atoms. The molecule has 0 unspecified atom stereocenters. The molecule has 0 bridgehead atoms. The molecule has 0 aliphatic heterocycles. The molecule has 2 atom stereocenters. The van der Waals surface area contributed by atoms with E-state index in [4.69, 9.17) is 11.6 Å². The first-order chi connectivity index (χ1) is 10.8. The van der Waals surface area contributed by atoms with E-state index in [9.17, 15) is 13.5 Å². The number of rotatable bonds is 6. The summed E-state index contributed by atoms with van der Waals surface area (Å²) >= 11 is 5.85. The van der Waals surface area contributed by atoms with Crippen LogP contribution in [0.1, 0.15) is 18.6 Å². The lowest BCUT2D eigenvalue weighted by Crippen LogP contribution is -2.31. The highest BCUT2D eigenvalue weighted by molar-refractivity contribution is 7.91. The van der Waals surface area contributed by atoms with Crippen molar-refractivity contribution in [1.29, 1.82) is 0 Å². The molecule has 2 aromatic carbocycles. The summed E-state index contributed by atoms with van der Waals surface area (Å²) in [5.41, 5.74) is -0.428. The van der Waals surface area contributed by atoms with Crippen LogP contribution < -0.4 is 0 Å². The topological polar surface area (TPSA) is 54.4 Å². The van der Waals surface area contributed by atoms with Crippen molar-refractivity contribution in [3.8, 4) is 0 Å². The Bertz CT molecular complexity index is 770. The predicted octanol–water partition coefficient (Wildman–Crippen LogP) is 4.04. The third kappa shape index (κ3) is 4.02. The Balaban J connectivity index is 2.33. The molecule has 0 aliphatic rings. The van der Waals surface area contributed by atoms with Gasteiger partial charge < -0.3 is 5.11 Å². The highest BCUT2D eigenvalue weighted by atomic mass is 35.5. The van der Waals surface area contributed by atoms with Crippen LogP contribution in [0.4, 0.5) is 0 Å². The molecule has 0 heterocycles. The van der Waals surface area contributed by atoms with Crippen LogP contribution in [-0.4, -0.2) is 19.3 Å². The molecule has 0 aromatic heterocycles. The van der Waals surface area contributed by atoms with Gasteiger partial charge in [0.2, 0.25) is 0 Å². The summed E-state index contributed by atoms with van der Waals surface area (Å²) in [7, 11) is -3.55. The number of aliphatic hydroxyl groups is 1. The summed E-state index contributed by atoms with van der Waals surface area (Å²) < 4.78 is 25.2. The quantitative estimate of drug-likeness (QED) is 0.800. The van der Waals surface area contributed by atoms with Gasteiger partial charge in [-0.3, -0.25) is 0 Å². The van der Waals surface area contributed by atoms with E-state index in [1.165, 1.54) is 6.08 Å². The number of hydrogen-bond acceptors (Lipinski definition) is 3. The van der Waals surface area contributed by atoms with E-state index in [1.807, 2.05) is 0 Å². The first-order valence-electron chi connectivity index (χ1n) is 7.13. The summed E-state index contributed by atoms with van der Waals surface area (Å²) in [6.07, 6.45) is 0.489. The fourth-order valence-electron chi connectivity index (χ4n) is 2.40. The van der Waals surface area contributed by atoms with Gasteiger partial charge in [-0.15, -0.1) is 6.58 Å². The van der Waals surface area contributed by atoms with Gasteiger partial charge in [-0.2, -0.15) is 0 Å². The van der Waals surface area contributed by atoms with E-state index in [0.717, 1.165) is 0 Å². The van der Waals surface area contributed by atoms with Crippen molar-refractivity contribution in [1.82, 2.24) is 0 Å². The summed E-state index contributed by atoms with van der Waals surface area (Å²) in [5.74, 6) is -0.239. The van der Waals surface area contributed by atoms with Gasteiger partial charge in [0, 0.05) is 10.4 Å². The van der Waals surface area contributed by atoms with Crippen LogP contribution in [0.5, 0.6) is 0 Å². The SMILES string of the molecule is C=C[C@@](C)(CS(=O)(=O)c1ccccc1)[C@@H](O)c1ccc(Cl)cc1. The number of aliphatic hydroxyl groups excluding tert-OH is 1. The fourth-order valence-corrected chi connectivity index (χ4v) is 4.35. The highest BCUT2D eigenvalue weighted by Crippen LogP contribution is 2.37. The van der Waals surface area contributed by atoms with Crippen molar-refractivity contribution < 1.29 is 13.5 Å². The van der Waals surface area contributed by atoms with Gasteiger partial charge in [-0.05, 0) is 29.8 Å². The summed E-state index contributed by atoms with van der Waals surface area (Å²) in [4.78, 5) is 0.233. The van der Waals surface area contributed by atoms with Crippen molar-refractivity contribution >= 4 is 21.4 Å². The molecule has 1 N–H and O–H groups in total. The van der Waals surface area contributed by atoms with E-state index < -0.39 is 21.4 Å². The van der Waals surface area contributed by atoms with Crippen LogP contribution in [0.2, 0.25) is 5.02 Å². The van der Waals surface area contributed by atoms with Crippen LogP contribution >= 0.6 is 11.6 Å². The van der Waals surface area contributed by atoms with Gasteiger partial charge in [-0.25, -0.2) is 8.42 Å². The normalized spacial score (nSPS) is 15.6. The van der Waals surface area contributed by atoms with Crippen LogP contribution in [0.3, 0.4) is 0 Å². The van der Waals surface area contributed by atoms with Crippen molar-refractivity contribution in [2.45, 2.75) is 17.9 Å². The summed E-state index contributed by atoms with van der Waals surface area (Å²) in [6.45, 7) is 5.40. The maximum atomic E-state index is 12.6. The molecule has 5 heteroatoms. The van der Waals surface area contributed by atoms with E-state index in [2.05, 4.69) is 6.58 Å². The van der Waals surface area contributed by atoms with Gasteiger partial charge in [-0.1, -0.05) is 54.9 Å². The molecule has 0 amide bonds. The molecule has 122 valence electrons. The zero-order valence-electron chi connectivity index (χ0n) is 12.8. The largest absolute Gasteiger partial charge is 0.387 e. The molecule has 0 saturated heterocycles. The minimum Gasteiger partial charge on any atom is -0.387 e. The molecule has 0 fully saturated rings. The predicted molar refractivity (Wildman–Crippen MR) is 93.2 cm³/mol. The van der Waals surface area contributed by atoms with E-state index in [1.54, 1.807) is 61.5 Å². The highest BCUT2D eigenvalue weighted by Gasteiger charge is 2.36. The zero-order chi connectivity index (χ0) is 17.1. The smallest absolute Gasteiger partial charge is 0.179 e. The Hall–Kier alpha value is -1.62. The maximum absolute atomic E-state index is 12.6. The van der Waals surface area contributed by atoms with E-state index in [0.29, 0.717) is 10.6 Å². The third-order valence-electron chi connectivity index (χ3n) is 3.88. The average molecular weight is 351 g/mol. The Morgan fingerprint density at radius 3 is 2.26 bits per heavy atom. The first-order valence-corrected chi connectivity index (χ1v) is 9.16. The standard InChI is InChI=1S/C18H19ClO3S/c1-3-18(2,17(20)14-9-11-15(19)12-10-14)13-23(21,22)16-7-5-4-6-8-16/h3-12,17,20H,1,13H2,2H3/t17-,18-/m0/s1. The molecular formula is C18H19ClO3S. The zero-order valence-corrected chi connectivity index (χ0v) is 14.4. The molecule has 2 rings (SSSR count). The van der Waals surface area contributed by atoms with Crippen LogP contribution in [0.15, 0.2) is 72.1 Å². The second kappa shape index (κ2) is 6.87. The van der Waals surface area contributed by atoms with Gasteiger partial charge in [0.15, 0.2) is 9.84 Å². The molecule has 2 aromatic rings. The average Bonchev–Trinajstić information content (AvgIpc) is 2.55. The lowest BCUT2D eigenvalue weighted by molar-refractivity contribution is 0.0840. The Labute approximate surface area is 142 Å². The molecule has 0 radical (unpaired) electrons. The van der Waals surface area contributed by atoms with Crippen molar-refractivity contribution in [3.05, 3.63) is 77.8 Å². The first kappa shape index (κ1) is 17.7. The number of sulfone groups is 1. The van der Waals surface area contributed by atoms with Gasteiger partial charge in [0.25, 0.3) is 0 Å². The Morgan fingerprint density at radius 1 is 1.17 bits per heavy atom. The van der Waals surface area contributed by atoms with E-state index >= 15 is 0 Å². The van der Waals surface area contributed by atoms with Crippen LogP contribution in [-0.2, 0) is 9.84 Å². The lowest BCUT2D eigenvalue weighted by Gasteiger charge is -2.31. The Kier molecular flexibility index (Phi) is 5.30. The maximum Gasteiger partial charge on any atom is 0.179 e. The molecule has 23 heavy (non-hydrogen) atoms. The van der Waals surface area contributed by atoms with E-state index in [-0.39, 0.29) is 10.6 Å². The molecule has 3 nitrogen and oxygen atoms in total. The minimum atomic E-state index is -3.55.